The Morgan fingerprint density at radius 2 is 2.00 bits per heavy atom. The van der Waals surface area contributed by atoms with Gasteiger partial charge >= 0.3 is 0 Å². The molecular formula is C15H19N2+. The van der Waals surface area contributed by atoms with Crippen LogP contribution in [-0.4, -0.2) is 4.98 Å². The van der Waals surface area contributed by atoms with Crippen molar-refractivity contribution < 1.29 is 4.57 Å². The summed E-state index contributed by atoms with van der Waals surface area (Å²) in [6.45, 7) is 5.38. The van der Waals surface area contributed by atoms with E-state index in [0.717, 1.165) is 13.0 Å². The van der Waals surface area contributed by atoms with E-state index in [0.29, 0.717) is 5.92 Å². The number of nitrogens with zero attached hydrogens (tertiary/aromatic N) is 2. The highest BCUT2D eigenvalue weighted by Gasteiger charge is 2.16. The predicted octanol–water partition coefficient (Wildman–Crippen LogP) is 2.93. The van der Waals surface area contributed by atoms with Gasteiger partial charge in [-0.1, -0.05) is 44.2 Å². The summed E-state index contributed by atoms with van der Waals surface area (Å²) >= 11 is 0. The second-order valence-corrected chi connectivity index (χ2v) is 4.42. The molecule has 0 bridgehead atoms. The smallest absolute Gasteiger partial charge is 0.202 e. The van der Waals surface area contributed by atoms with E-state index in [-0.39, 0.29) is 0 Å². The van der Waals surface area contributed by atoms with Gasteiger partial charge in [0, 0.05) is 11.5 Å². The van der Waals surface area contributed by atoms with E-state index in [9.17, 15) is 0 Å². The number of hydrogen-bond donors (Lipinski definition) is 0. The molecule has 1 aromatic heterocycles. The van der Waals surface area contributed by atoms with Gasteiger partial charge in [0.05, 0.1) is 12.4 Å². The molecule has 2 heteroatoms. The highest BCUT2D eigenvalue weighted by molar-refractivity contribution is 5.13. The zero-order valence-electron chi connectivity index (χ0n) is 10.5. The number of hydrogen-bond acceptors (Lipinski definition) is 1. The van der Waals surface area contributed by atoms with Gasteiger partial charge in [0.2, 0.25) is 5.69 Å². The molecule has 0 amide bonds. The van der Waals surface area contributed by atoms with Crippen molar-refractivity contribution in [3.63, 3.8) is 0 Å². The summed E-state index contributed by atoms with van der Waals surface area (Å²) in [5.41, 5.74) is 2.63. The van der Waals surface area contributed by atoms with Gasteiger partial charge in [-0.15, -0.1) is 0 Å². The number of rotatable bonds is 4. The van der Waals surface area contributed by atoms with Gasteiger partial charge in [-0.25, -0.2) is 0 Å². The van der Waals surface area contributed by atoms with Gasteiger partial charge < -0.3 is 0 Å². The van der Waals surface area contributed by atoms with E-state index in [1.54, 1.807) is 0 Å². The molecule has 1 aromatic carbocycles. The molecule has 0 saturated carbocycles. The van der Waals surface area contributed by atoms with E-state index >= 15 is 0 Å². The topological polar surface area (TPSA) is 16.8 Å². The van der Waals surface area contributed by atoms with Crippen molar-refractivity contribution in [2.45, 2.75) is 32.7 Å². The molecule has 2 nitrogen and oxygen atoms in total. The summed E-state index contributed by atoms with van der Waals surface area (Å²) in [6.07, 6.45) is 7.04. The lowest BCUT2D eigenvalue weighted by molar-refractivity contribution is -0.697. The summed E-state index contributed by atoms with van der Waals surface area (Å²) in [5.74, 6) is 0.549. The van der Waals surface area contributed by atoms with Crippen LogP contribution in [0.1, 0.15) is 37.4 Å². The molecule has 1 heterocycles. The van der Waals surface area contributed by atoms with E-state index in [2.05, 4.69) is 59.9 Å². The van der Waals surface area contributed by atoms with Gasteiger partial charge in [-0.2, -0.15) is 4.57 Å². The molecular weight excluding hydrogens is 208 g/mol. The van der Waals surface area contributed by atoms with Crippen molar-refractivity contribution in [1.29, 1.82) is 0 Å². The maximum Gasteiger partial charge on any atom is 0.202 e. The lowest BCUT2D eigenvalue weighted by Crippen LogP contribution is -2.39. The van der Waals surface area contributed by atoms with Gasteiger partial charge in [-0.3, -0.25) is 4.98 Å². The normalized spacial score (nSPS) is 12.4. The van der Waals surface area contributed by atoms with Crippen molar-refractivity contribution in [2.75, 3.05) is 0 Å². The monoisotopic (exact) mass is 227 g/mol. The Kier molecular flexibility index (Phi) is 3.86. The molecule has 0 radical (unpaired) electrons. The van der Waals surface area contributed by atoms with Crippen LogP contribution in [0, 0.1) is 0 Å². The Labute approximate surface area is 103 Å². The van der Waals surface area contributed by atoms with Crippen molar-refractivity contribution in [1.82, 2.24) is 4.98 Å². The Balaban J connectivity index is 2.27. The Hall–Kier alpha value is -1.70. The molecule has 0 aliphatic rings. The Morgan fingerprint density at radius 1 is 1.24 bits per heavy atom. The standard InChI is InChI=1S/C15H19N2/c1-3-13(2)15-11-16-9-10-17(15)12-14-7-5-4-6-8-14/h4-11,13H,3,12H2,1-2H3/q+1. The number of aromatic nitrogens is 2. The van der Waals surface area contributed by atoms with Crippen LogP contribution in [0.3, 0.4) is 0 Å². The van der Waals surface area contributed by atoms with Crippen LogP contribution in [0.5, 0.6) is 0 Å². The third kappa shape index (κ3) is 2.90. The minimum atomic E-state index is 0.549. The Bertz CT molecular complexity index is 465. The third-order valence-electron chi connectivity index (χ3n) is 3.18. The van der Waals surface area contributed by atoms with Crippen LogP contribution in [-0.2, 0) is 6.54 Å². The van der Waals surface area contributed by atoms with E-state index in [4.69, 9.17) is 0 Å². The van der Waals surface area contributed by atoms with Crippen LogP contribution >= 0.6 is 0 Å². The summed E-state index contributed by atoms with van der Waals surface area (Å²) in [5, 5.41) is 0. The van der Waals surface area contributed by atoms with Crippen molar-refractivity contribution in [3.05, 3.63) is 60.2 Å². The van der Waals surface area contributed by atoms with Crippen LogP contribution in [0.25, 0.3) is 0 Å². The quantitative estimate of drug-likeness (QED) is 0.734. The van der Waals surface area contributed by atoms with Gasteiger partial charge in [0.25, 0.3) is 0 Å². The van der Waals surface area contributed by atoms with E-state index < -0.39 is 0 Å². The first-order chi connectivity index (χ1) is 8.31. The molecule has 0 spiro atoms. The lowest BCUT2D eigenvalue weighted by atomic mass is 10.1. The summed E-state index contributed by atoms with van der Waals surface area (Å²) in [6, 6.07) is 10.5. The fourth-order valence-corrected chi connectivity index (χ4v) is 1.94. The molecule has 2 aromatic rings. The zero-order chi connectivity index (χ0) is 12.1. The van der Waals surface area contributed by atoms with Crippen LogP contribution < -0.4 is 4.57 Å². The average molecular weight is 227 g/mol. The fourth-order valence-electron chi connectivity index (χ4n) is 1.94. The predicted molar refractivity (Wildman–Crippen MR) is 68.7 cm³/mol. The first-order valence-corrected chi connectivity index (χ1v) is 6.18. The molecule has 2 rings (SSSR count). The number of benzene rings is 1. The van der Waals surface area contributed by atoms with Crippen molar-refractivity contribution in [2.24, 2.45) is 0 Å². The van der Waals surface area contributed by atoms with Crippen LogP contribution in [0.4, 0.5) is 0 Å². The zero-order valence-corrected chi connectivity index (χ0v) is 10.5. The van der Waals surface area contributed by atoms with Crippen LogP contribution in [0.15, 0.2) is 48.9 Å². The molecule has 0 saturated heterocycles. The molecule has 1 unspecified atom stereocenters. The summed E-state index contributed by atoms with van der Waals surface area (Å²) in [4.78, 5) is 4.24. The minimum Gasteiger partial charge on any atom is -0.252 e. The van der Waals surface area contributed by atoms with E-state index in [1.807, 2.05) is 12.4 Å². The van der Waals surface area contributed by atoms with Gasteiger partial charge in [0.15, 0.2) is 12.7 Å². The molecule has 0 N–H and O–H groups in total. The van der Waals surface area contributed by atoms with Crippen LogP contribution in [0.2, 0.25) is 0 Å². The molecule has 0 aliphatic carbocycles. The van der Waals surface area contributed by atoms with Crippen molar-refractivity contribution >= 4 is 0 Å². The molecule has 0 aliphatic heterocycles. The Morgan fingerprint density at radius 3 is 2.71 bits per heavy atom. The second-order valence-electron chi connectivity index (χ2n) is 4.42. The molecule has 17 heavy (non-hydrogen) atoms. The average Bonchev–Trinajstić information content (AvgIpc) is 2.40. The highest BCUT2D eigenvalue weighted by atomic mass is 15.0. The fraction of sp³-hybridized carbons (Fsp3) is 0.333. The van der Waals surface area contributed by atoms with E-state index in [1.165, 1.54) is 11.3 Å². The lowest BCUT2D eigenvalue weighted by Gasteiger charge is -2.08. The maximum atomic E-state index is 4.24. The summed E-state index contributed by atoms with van der Waals surface area (Å²) in [7, 11) is 0. The molecule has 1 atom stereocenters. The molecule has 88 valence electrons. The largest absolute Gasteiger partial charge is 0.252 e. The van der Waals surface area contributed by atoms with Gasteiger partial charge in [0.1, 0.15) is 0 Å². The SMILES string of the molecule is CCC(C)c1cncc[n+]1Cc1ccccc1. The minimum absolute atomic E-state index is 0.549. The third-order valence-corrected chi connectivity index (χ3v) is 3.18. The highest BCUT2D eigenvalue weighted by Crippen LogP contribution is 2.13. The maximum absolute atomic E-state index is 4.24. The second kappa shape index (κ2) is 5.58. The first kappa shape index (κ1) is 11.8. The first-order valence-electron chi connectivity index (χ1n) is 6.18. The molecule has 0 fully saturated rings. The van der Waals surface area contributed by atoms with Gasteiger partial charge in [-0.05, 0) is 6.42 Å². The van der Waals surface area contributed by atoms with Crippen molar-refractivity contribution in [3.8, 4) is 0 Å². The summed E-state index contributed by atoms with van der Waals surface area (Å²) < 4.78 is 2.29.